The number of hydrogen-bond donors (Lipinski definition) is 2. The molecule has 130 valence electrons. The van der Waals surface area contributed by atoms with Crippen LogP contribution in [0.25, 0.3) is 16.9 Å². The van der Waals surface area contributed by atoms with Crippen molar-refractivity contribution < 1.29 is 0 Å². The van der Waals surface area contributed by atoms with E-state index in [-0.39, 0.29) is 0 Å². The zero-order chi connectivity index (χ0) is 18.2. The van der Waals surface area contributed by atoms with Gasteiger partial charge >= 0.3 is 0 Å². The van der Waals surface area contributed by atoms with E-state index in [2.05, 4.69) is 25.9 Å². The Hall–Kier alpha value is -4.03. The van der Waals surface area contributed by atoms with Crippen molar-refractivity contribution in [3.05, 3.63) is 66.5 Å². The van der Waals surface area contributed by atoms with Crippen LogP contribution >= 0.6 is 0 Å². The van der Waals surface area contributed by atoms with Gasteiger partial charge in [-0.3, -0.25) is 10.4 Å². The zero-order valence-corrected chi connectivity index (χ0v) is 14.0. The third kappa shape index (κ3) is 2.70. The number of imidazole rings is 1. The Bertz CT molecular complexity index is 1170. The van der Waals surface area contributed by atoms with Crippen LogP contribution in [-0.4, -0.2) is 24.3 Å². The number of hydrogen-bond acceptors (Lipinski definition) is 8. The molecule has 0 saturated heterocycles. The van der Waals surface area contributed by atoms with Gasteiger partial charge in [0.2, 0.25) is 0 Å². The molecule has 2 N–H and O–H groups in total. The van der Waals surface area contributed by atoms with Crippen LogP contribution in [0.15, 0.2) is 55.2 Å². The highest BCUT2D eigenvalue weighted by atomic mass is 15.7. The lowest BCUT2D eigenvalue weighted by molar-refractivity contribution is 0.715. The van der Waals surface area contributed by atoms with Gasteiger partial charge in [-0.2, -0.15) is 5.26 Å². The number of fused-ring (bicyclic) bond motifs is 2. The molecular weight excluding hydrogens is 342 g/mol. The lowest BCUT2D eigenvalue weighted by Crippen LogP contribution is -2.35. The second kappa shape index (κ2) is 6.05. The summed E-state index contributed by atoms with van der Waals surface area (Å²) in [5, 5.41) is 10.8. The van der Waals surface area contributed by atoms with Gasteiger partial charge in [-0.25, -0.2) is 19.9 Å². The molecule has 0 aromatic carbocycles. The van der Waals surface area contributed by atoms with E-state index in [1.165, 1.54) is 0 Å². The molecule has 0 spiro atoms. The van der Waals surface area contributed by atoms with Crippen LogP contribution in [0.3, 0.4) is 0 Å². The molecule has 9 heteroatoms. The summed E-state index contributed by atoms with van der Waals surface area (Å²) in [5.74, 6) is 1.35. The van der Waals surface area contributed by atoms with Crippen LogP contribution in [0.5, 0.6) is 0 Å². The normalized spacial score (nSPS) is 12.6. The number of anilines is 2. The van der Waals surface area contributed by atoms with Gasteiger partial charge in [0, 0.05) is 30.4 Å². The summed E-state index contributed by atoms with van der Waals surface area (Å²) in [6.07, 6.45) is 9.02. The average Bonchev–Trinajstić information content (AvgIpc) is 3.34. The van der Waals surface area contributed by atoms with E-state index in [1.54, 1.807) is 24.7 Å². The van der Waals surface area contributed by atoms with Gasteiger partial charge in [0.05, 0.1) is 18.4 Å². The Morgan fingerprint density at radius 1 is 1.07 bits per heavy atom. The second-order valence-corrected chi connectivity index (χ2v) is 6.02. The molecule has 0 aliphatic carbocycles. The molecule has 5 heterocycles. The van der Waals surface area contributed by atoms with Gasteiger partial charge < -0.3 is 4.40 Å². The molecule has 0 amide bonds. The van der Waals surface area contributed by atoms with E-state index in [0.717, 1.165) is 16.8 Å². The van der Waals surface area contributed by atoms with Gasteiger partial charge in [-0.05, 0) is 23.8 Å². The second-order valence-electron chi connectivity index (χ2n) is 6.02. The standard InChI is InChI=1S/C18H13N9/c19-7-14-3-2-13(8-21-14)15-9-22-17-18(23-15)27(25-24-17)11-12-1-4-16-20-5-6-26(16)10-12/h1-6,8-10,25H,11H2,(H,22,24). The highest BCUT2D eigenvalue weighted by Crippen LogP contribution is 2.28. The molecule has 0 fully saturated rings. The number of rotatable bonds is 3. The first kappa shape index (κ1) is 15.2. The Kier molecular flexibility index (Phi) is 3.41. The maximum Gasteiger partial charge on any atom is 0.190 e. The van der Waals surface area contributed by atoms with Gasteiger partial charge in [-0.1, -0.05) is 6.07 Å². The third-order valence-corrected chi connectivity index (χ3v) is 4.28. The minimum absolute atomic E-state index is 0.368. The predicted octanol–water partition coefficient (Wildman–Crippen LogP) is 1.91. The molecule has 4 aromatic heterocycles. The van der Waals surface area contributed by atoms with Crippen molar-refractivity contribution in [1.82, 2.24) is 29.9 Å². The fraction of sp³-hybridized carbons (Fsp3) is 0.0556. The lowest BCUT2D eigenvalue weighted by atomic mass is 10.2. The van der Waals surface area contributed by atoms with E-state index in [9.17, 15) is 0 Å². The number of aromatic nitrogens is 5. The van der Waals surface area contributed by atoms with E-state index < -0.39 is 0 Å². The van der Waals surface area contributed by atoms with Crippen LogP contribution in [0, 0.1) is 11.3 Å². The van der Waals surface area contributed by atoms with E-state index >= 15 is 0 Å². The zero-order valence-electron chi connectivity index (χ0n) is 14.0. The molecule has 0 radical (unpaired) electrons. The monoisotopic (exact) mass is 355 g/mol. The molecule has 0 saturated carbocycles. The maximum absolute atomic E-state index is 8.88. The molecule has 0 unspecified atom stereocenters. The fourth-order valence-electron chi connectivity index (χ4n) is 2.94. The van der Waals surface area contributed by atoms with E-state index in [4.69, 9.17) is 10.2 Å². The Labute approximate surface area is 153 Å². The van der Waals surface area contributed by atoms with Crippen molar-refractivity contribution in [3.8, 4) is 17.3 Å². The molecule has 1 aliphatic heterocycles. The molecule has 5 rings (SSSR count). The number of nitriles is 1. The van der Waals surface area contributed by atoms with Crippen LogP contribution in [0.4, 0.5) is 11.6 Å². The number of nitrogens with zero attached hydrogens (tertiary/aromatic N) is 7. The highest BCUT2D eigenvalue weighted by Gasteiger charge is 2.22. The van der Waals surface area contributed by atoms with Gasteiger partial charge in [0.25, 0.3) is 0 Å². The number of nitrogens with one attached hydrogen (secondary N) is 2. The predicted molar refractivity (Wildman–Crippen MR) is 98.1 cm³/mol. The largest absolute Gasteiger partial charge is 0.307 e. The summed E-state index contributed by atoms with van der Waals surface area (Å²) in [5.41, 5.74) is 9.96. The molecule has 1 aliphatic rings. The minimum atomic E-state index is 0.368. The highest BCUT2D eigenvalue weighted by molar-refractivity contribution is 5.69. The smallest absolute Gasteiger partial charge is 0.190 e. The molecule has 0 atom stereocenters. The van der Waals surface area contributed by atoms with Crippen molar-refractivity contribution in [2.45, 2.75) is 6.54 Å². The van der Waals surface area contributed by atoms with Crippen molar-refractivity contribution in [1.29, 1.82) is 5.26 Å². The van der Waals surface area contributed by atoms with Gasteiger partial charge in [0.15, 0.2) is 11.6 Å². The summed E-state index contributed by atoms with van der Waals surface area (Å²) in [6.45, 7) is 0.595. The minimum Gasteiger partial charge on any atom is -0.307 e. The first-order chi connectivity index (χ1) is 13.3. The van der Waals surface area contributed by atoms with Crippen molar-refractivity contribution >= 4 is 17.3 Å². The first-order valence-corrected chi connectivity index (χ1v) is 8.24. The van der Waals surface area contributed by atoms with Crippen LogP contribution in [0.2, 0.25) is 0 Å². The Morgan fingerprint density at radius 3 is 2.89 bits per heavy atom. The van der Waals surface area contributed by atoms with Crippen LogP contribution in [-0.2, 0) is 6.54 Å². The molecule has 9 nitrogen and oxygen atoms in total. The van der Waals surface area contributed by atoms with Gasteiger partial charge in [-0.15, -0.1) is 5.53 Å². The van der Waals surface area contributed by atoms with E-state index in [1.807, 2.05) is 46.1 Å². The summed E-state index contributed by atoms with van der Waals surface area (Å²) in [4.78, 5) is 17.5. The number of pyridine rings is 2. The fourth-order valence-corrected chi connectivity index (χ4v) is 2.94. The lowest BCUT2D eigenvalue weighted by Gasteiger charge is -2.17. The van der Waals surface area contributed by atoms with Crippen molar-refractivity contribution in [2.75, 3.05) is 10.4 Å². The molecular formula is C18H13N9. The third-order valence-electron chi connectivity index (χ3n) is 4.28. The van der Waals surface area contributed by atoms with Crippen LogP contribution in [0.1, 0.15) is 11.3 Å². The summed E-state index contributed by atoms with van der Waals surface area (Å²) in [7, 11) is 0. The summed E-state index contributed by atoms with van der Waals surface area (Å²) < 4.78 is 1.98. The average molecular weight is 355 g/mol. The van der Waals surface area contributed by atoms with Crippen molar-refractivity contribution in [3.63, 3.8) is 0 Å². The topological polar surface area (TPSA) is 107 Å². The quantitative estimate of drug-likeness (QED) is 0.574. The Balaban J connectivity index is 1.45. The Morgan fingerprint density at radius 2 is 2.04 bits per heavy atom. The summed E-state index contributed by atoms with van der Waals surface area (Å²) in [6, 6.07) is 9.50. The molecule has 4 aromatic rings. The van der Waals surface area contributed by atoms with Gasteiger partial charge in [0.1, 0.15) is 17.4 Å². The van der Waals surface area contributed by atoms with Crippen molar-refractivity contribution in [2.24, 2.45) is 0 Å². The molecule has 27 heavy (non-hydrogen) atoms. The number of hydrazine groups is 2. The molecule has 0 bridgehead atoms. The van der Waals surface area contributed by atoms with Crippen LogP contribution < -0.4 is 16.0 Å². The summed E-state index contributed by atoms with van der Waals surface area (Å²) >= 11 is 0. The van der Waals surface area contributed by atoms with E-state index in [0.29, 0.717) is 29.6 Å². The SMILES string of the molecule is N#Cc1ccc(-c2cnc3c(n2)N(Cc2ccc4nccn4c2)NN3)cn1. The first-order valence-electron chi connectivity index (χ1n) is 8.24. The maximum atomic E-state index is 8.88.